The third kappa shape index (κ3) is 37.7. The van der Waals surface area contributed by atoms with Gasteiger partial charge in [0, 0.05) is 50.1 Å². The number of methoxy groups -OCH3 is 2. The Balaban J connectivity index is 0. The molecule has 0 aromatic heterocycles. The number of fused-ring (bicyclic) bond motifs is 1. The molecule has 1 aliphatic heterocycles. The average molecular weight is 1430 g/mol. The van der Waals surface area contributed by atoms with E-state index >= 15 is 0 Å². The Morgan fingerprint density at radius 1 is 0.670 bits per heavy atom. The number of rotatable bonds is 37. The second kappa shape index (κ2) is 50.6. The molecule has 3 aromatic rings. The number of anilines is 1. The number of ether oxygens (including phenoxy) is 5. The molecule has 4 rings (SSSR count). The minimum atomic E-state index is -4.08. The second-order valence-electron chi connectivity index (χ2n) is 23.6. The van der Waals surface area contributed by atoms with Gasteiger partial charge in [-0.25, -0.2) is 4.39 Å². The molecule has 97 heavy (non-hydrogen) atoms. The Labute approximate surface area is 635 Å². The summed E-state index contributed by atoms with van der Waals surface area (Å²) in [5.74, 6) is -6.96. The van der Waals surface area contributed by atoms with Gasteiger partial charge in [0.05, 0.1) is 61.4 Å². The Morgan fingerprint density at radius 3 is 1.66 bits per heavy atom. The largest absolute Gasteiger partial charge is 1.00 e. The first-order chi connectivity index (χ1) is 44.6. The maximum Gasteiger partial charge on any atom is 1.00 e. The first kappa shape index (κ1) is 95.3. The van der Waals surface area contributed by atoms with Crippen LogP contribution >= 0.6 is 0 Å². The molecule has 0 bridgehead atoms. The predicted octanol–water partition coefficient (Wildman–Crippen LogP) is -3.87. The Kier molecular flexibility index (Phi) is 49.7. The fourth-order valence-corrected chi connectivity index (χ4v) is 9.86. The van der Waals surface area contributed by atoms with Gasteiger partial charge in [0.2, 0.25) is 11.8 Å². The van der Waals surface area contributed by atoms with E-state index in [4.69, 9.17) is 58.1 Å². The Hall–Kier alpha value is -3.71. The van der Waals surface area contributed by atoms with Crippen molar-refractivity contribution in [1.29, 1.82) is 0 Å². The molecule has 0 aliphatic carbocycles. The molecule has 27 nitrogen and oxygen atoms in total. The van der Waals surface area contributed by atoms with Crippen LogP contribution in [0.5, 0.6) is 0 Å². The van der Waals surface area contributed by atoms with Gasteiger partial charge in [-0.15, -0.1) is 0 Å². The average Bonchev–Trinajstić information content (AvgIpc) is 1.76. The number of hydrogen-bond acceptors (Lipinski definition) is 22. The van der Waals surface area contributed by atoms with Gasteiger partial charge in [0.25, 0.3) is 16.0 Å². The fourth-order valence-electron chi connectivity index (χ4n) is 9.38. The molecule has 35 heteroatoms. The summed E-state index contributed by atoms with van der Waals surface area (Å²) in [5, 5.41) is 80.6. The predicted molar refractivity (Wildman–Crippen MR) is 355 cm³/mol. The van der Waals surface area contributed by atoms with Crippen molar-refractivity contribution < 1.29 is 200 Å². The molecule has 0 fully saturated rings. The van der Waals surface area contributed by atoms with Crippen LogP contribution in [0.3, 0.4) is 0 Å². The minimum absolute atomic E-state index is 0. The smallest absolute Gasteiger partial charge is 0.481 e. The van der Waals surface area contributed by atoms with Crippen LogP contribution in [0.4, 0.5) is 10.1 Å². The fraction of sp³-hybridized carbons (Fsp3) is 0.597. The van der Waals surface area contributed by atoms with E-state index in [-0.39, 0.29) is 179 Å². The summed E-state index contributed by atoms with van der Waals surface area (Å²) in [4.78, 5) is 83.7. The van der Waals surface area contributed by atoms with Crippen LogP contribution in [-0.2, 0) is 73.8 Å². The van der Waals surface area contributed by atoms with Crippen molar-refractivity contribution in [1.82, 2.24) is 10.6 Å². The number of amides is 3. The van der Waals surface area contributed by atoms with E-state index in [0.717, 1.165) is 23.3 Å². The standard InChI is InChI=1S/C20H30BFN2O7.C18H26BNO8S.C13H19BO4.C11H23BO5.K.Na/c1-4-14(20(27)31-10-9-30-3)11-13(2)18(25)23-7-8-24-19(26)16-6-5-15(21(28)29)12-17(16)22;1-3-13(18(22)27-7-4-8-29(24,25)26)9-12(2)17(21)20-15-6-5-14-11-28-19(23)16(14)10-15;1-3-10(13(15)16)7-9(2)11-5-4-6-12(8-11)14(17)18;1-5-9(8-11(2,3)12(14)15)10(13)17-7-6-16-4;;/h5-6,12-14,28-29H,4,7-11H2,1-3H3,(H,23,25)(H,24,26);5-6,10,12-13,23H,3-4,7-9,11H2,1-2H3,(H,20,21)(H,24,25,26);4-6,8-10,17-18H,3,7H2,1-2H3,(H,15,16);9,14-15H,5-8H2,1-4H3;;/q;;;;2*+1. The number of carbonyl (C=O) groups excluding carboxylic acids is 6. The maximum atomic E-state index is 13.9. The molecular weight excluding hydrogens is 1330 g/mol. The summed E-state index contributed by atoms with van der Waals surface area (Å²) < 4.78 is 73.9. The van der Waals surface area contributed by atoms with E-state index in [9.17, 15) is 61.4 Å². The quantitative estimate of drug-likeness (QED) is 0.00864. The molecule has 0 radical (unpaired) electrons. The number of esters is 3. The zero-order valence-corrected chi connectivity index (χ0v) is 64.2. The van der Waals surface area contributed by atoms with E-state index in [1.807, 2.05) is 33.8 Å². The van der Waals surface area contributed by atoms with Gasteiger partial charge in [-0.05, 0) is 115 Å². The molecule has 7 atom stereocenters. The summed E-state index contributed by atoms with van der Waals surface area (Å²) in [7, 11) is -6.80. The number of carboxylic acid groups (broad SMARTS) is 1. The number of nitrogens with one attached hydrogen (secondary N) is 3. The number of benzene rings is 3. The topological polar surface area (TPSA) is 427 Å². The van der Waals surface area contributed by atoms with Gasteiger partial charge in [-0.3, -0.25) is 38.1 Å². The number of hydrogen-bond donors (Lipinski definition) is 12. The van der Waals surface area contributed by atoms with E-state index in [1.165, 1.54) is 20.3 Å². The molecule has 0 spiro atoms. The minimum Gasteiger partial charge on any atom is -0.481 e. The van der Waals surface area contributed by atoms with Gasteiger partial charge in [-0.2, -0.15) is 8.42 Å². The molecular formula is C62H98B4FKN3NaO24S+2. The molecule has 0 saturated heterocycles. The Morgan fingerprint density at radius 2 is 1.18 bits per heavy atom. The van der Waals surface area contributed by atoms with Crippen molar-refractivity contribution in [3.63, 3.8) is 0 Å². The third-order valence-corrected chi connectivity index (χ3v) is 16.4. The zero-order chi connectivity index (χ0) is 72.2. The monoisotopic (exact) mass is 1430 g/mol. The molecule has 7 unspecified atom stereocenters. The van der Waals surface area contributed by atoms with Crippen LogP contribution < -0.4 is 113 Å². The first-order valence-electron chi connectivity index (χ1n) is 31.5. The van der Waals surface area contributed by atoms with E-state index in [2.05, 4.69) is 16.0 Å². The maximum absolute atomic E-state index is 13.9. The van der Waals surface area contributed by atoms with E-state index in [1.54, 1.807) is 71.0 Å². The number of aliphatic carboxylic acids is 1. The van der Waals surface area contributed by atoms with Gasteiger partial charge < -0.3 is 84.6 Å². The van der Waals surface area contributed by atoms with E-state index < -0.39 is 97.0 Å². The number of halogens is 1. The van der Waals surface area contributed by atoms with Crippen LogP contribution in [0, 0.1) is 41.3 Å². The van der Waals surface area contributed by atoms with Crippen molar-refractivity contribution in [3.8, 4) is 0 Å². The van der Waals surface area contributed by atoms with Crippen molar-refractivity contribution >= 4 is 102 Å². The SMILES string of the molecule is CCC(CC(C)(C)B(O)O)C(=O)OCCOC.CCC(CC(C)C(=O)NCCNC(=O)c1ccc(B(O)O)cc1F)C(=O)OCCOC.CCC(CC(C)C(=O)Nc1ccc2c(c1)B(O)OC2)C(=O)OCCCS(=O)(=O)O.CCC(CC(C)c1cccc(B(O)O)c1)C(=O)O.[K+].[Na+]. The summed E-state index contributed by atoms with van der Waals surface area (Å²) in [6.45, 7) is 17.6. The third-order valence-electron chi connectivity index (χ3n) is 15.6. The van der Waals surface area contributed by atoms with Crippen LogP contribution in [-0.4, -0.2) is 189 Å². The van der Waals surface area contributed by atoms with Crippen LogP contribution in [0.1, 0.15) is 148 Å². The van der Waals surface area contributed by atoms with Crippen LogP contribution in [0.25, 0.3) is 0 Å². The summed E-state index contributed by atoms with van der Waals surface area (Å²) in [6, 6.07) is 15.4. The number of carbonyl (C=O) groups is 7. The first-order valence-corrected chi connectivity index (χ1v) is 33.1. The van der Waals surface area contributed by atoms with Gasteiger partial charge in [-0.1, -0.05) is 98.7 Å². The van der Waals surface area contributed by atoms with Crippen LogP contribution in [0.15, 0.2) is 60.7 Å². The molecule has 1 aliphatic rings. The summed E-state index contributed by atoms with van der Waals surface area (Å²) >= 11 is 0. The second-order valence-corrected chi connectivity index (χ2v) is 25.2. The van der Waals surface area contributed by atoms with Crippen LogP contribution in [0.2, 0.25) is 5.31 Å². The molecule has 12 N–H and O–H groups in total. The van der Waals surface area contributed by atoms with Crippen molar-refractivity contribution in [2.75, 3.05) is 71.4 Å². The molecule has 3 amide bonds. The zero-order valence-electron chi connectivity index (χ0n) is 58.3. The Bertz CT molecular complexity index is 2990. The van der Waals surface area contributed by atoms with Gasteiger partial charge in [0.15, 0.2) is 0 Å². The number of carboxylic acids is 1. The van der Waals surface area contributed by atoms with Crippen molar-refractivity contribution in [2.24, 2.45) is 35.5 Å². The van der Waals surface area contributed by atoms with Gasteiger partial charge >= 0.3 is 133 Å². The molecule has 3 aromatic carbocycles. The molecule has 0 saturated carbocycles. The normalized spacial score (nSPS) is 13.6. The summed E-state index contributed by atoms with van der Waals surface area (Å²) in [5.41, 5.74) is 3.07. The molecule has 1 heterocycles. The van der Waals surface area contributed by atoms with Crippen molar-refractivity contribution in [3.05, 3.63) is 83.2 Å². The van der Waals surface area contributed by atoms with Crippen molar-refractivity contribution in [2.45, 2.75) is 138 Å². The molecule has 530 valence electrons. The van der Waals surface area contributed by atoms with E-state index in [0.29, 0.717) is 81.4 Å². The summed E-state index contributed by atoms with van der Waals surface area (Å²) in [6.07, 6.45) is 3.76. The van der Waals surface area contributed by atoms with Gasteiger partial charge in [0.1, 0.15) is 19.0 Å².